The van der Waals surface area contributed by atoms with Crippen LogP contribution in [0.3, 0.4) is 0 Å². The van der Waals surface area contributed by atoms with E-state index in [0.717, 1.165) is 25.7 Å². The van der Waals surface area contributed by atoms with Crippen LogP contribution < -0.4 is 11.1 Å². The summed E-state index contributed by atoms with van der Waals surface area (Å²) in [5.74, 6) is -0.228. The largest absolute Gasteiger partial charge is 0.348 e. The summed E-state index contributed by atoms with van der Waals surface area (Å²) >= 11 is 0. The SMILES string of the molecule is CC(=O)N(C)CC(=O)NC1(CN)CCCC1.Cl. The molecule has 6 heteroatoms. The molecule has 100 valence electrons. The van der Waals surface area contributed by atoms with Crippen LogP contribution in [0.4, 0.5) is 0 Å². The zero-order valence-corrected chi connectivity index (χ0v) is 11.3. The number of nitrogens with one attached hydrogen (secondary N) is 1. The van der Waals surface area contributed by atoms with E-state index >= 15 is 0 Å². The fourth-order valence-corrected chi connectivity index (χ4v) is 2.09. The van der Waals surface area contributed by atoms with E-state index in [1.807, 2.05) is 0 Å². The highest BCUT2D eigenvalue weighted by Gasteiger charge is 2.33. The average Bonchev–Trinajstić information content (AvgIpc) is 2.66. The van der Waals surface area contributed by atoms with Crippen molar-refractivity contribution in [2.45, 2.75) is 38.1 Å². The fraction of sp³-hybridized carbons (Fsp3) is 0.818. The van der Waals surface area contributed by atoms with Gasteiger partial charge in [0.25, 0.3) is 0 Å². The normalized spacial score (nSPS) is 17.1. The van der Waals surface area contributed by atoms with Crippen LogP contribution in [0.1, 0.15) is 32.6 Å². The van der Waals surface area contributed by atoms with Gasteiger partial charge in [-0.3, -0.25) is 9.59 Å². The minimum atomic E-state index is -0.227. The Morgan fingerprint density at radius 3 is 2.29 bits per heavy atom. The maximum Gasteiger partial charge on any atom is 0.240 e. The van der Waals surface area contributed by atoms with Gasteiger partial charge in [-0.15, -0.1) is 12.4 Å². The molecule has 0 aromatic rings. The first-order chi connectivity index (χ1) is 7.49. The summed E-state index contributed by atoms with van der Waals surface area (Å²) in [6.07, 6.45) is 4.11. The van der Waals surface area contributed by atoms with Crippen LogP contribution in [-0.2, 0) is 9.59 Å². The van der Waals surface area contributed by atoms with Crippen molar-refractivity contribution >= 4 is 24.2 Å². The van der Waals surface area contributed by atoms with Gasteiger partial charge in [0.2, 0.25) is 11.8 Å². The number of nitrogens with zero attached hydrogens (tertiary/aromatic N) is 1. The smallest absolute Gasteiger partial charge is 0.240 e. The molecule has 0 heterocycles. The number of halogens is 1. The van der Waals surface area contributed by atoms with Crippen LogP contribution in [0.25, 0.3) is 0 Å². The molecule has 0 radical (unpaired) electrons. The number of carbonyl (C=O) groups excluding carboxylic acids is 2. The molecule has 1 fully saturated rings. The molecular weight excluding hydrogens is 242 g/mol. The number of nitrogens with two attached hydrogens (primary N) is 1. The maximum atomic E-state index is 11.7. The first-order valence-electron chi connectivity index (χ1n) is 5.72. The van der Waals surface area contributed by atoms with Crippen LogP contribution in [0.15, 0.2) is 0 Å². The summed E-state index contributed by atoms with van der Waals surface area (Å²) in [6, 6.07) is 0. The molecule has 3 N–H and O–H groups in total. The molecule has 0 spiro atoms. The Kier molecular flexibility index (Phi) is 6.49. The second-order valence-electron chi connectivity index (χ2n) is 4.61. The highest BCUT2D eigenvalue weighted by molar-refractivity contribution is 5.85. The van der Waals surface area contributed by atoms with Crippen LogP contribution in [0, 0.1) is 0 Å². The van der Waals surface area contributed by atoms with Crippen molar-refractivity contribution in [3.05, 3.63) is 0 Å². The van der Waals surface area contributed by atoms with E-state index in [1.165, 1.54) is 11.8 Å². The van der Waals surface area contributed by atoms with Crippen LogP contribution in [-0.4, -0.2) is 42.4 Å². The van der Waals surface area contributed by atoms with Gasteiger partial charge >= 0.3 is 0 Å². The van der Waals surface area contributed by atoms with Crippen molar-refractivity contribution in [3.8, 4) is 0 Å². The lowest BCUT2D eigenvalue weighted by Crippen LogP contribution is -2.54. The van der Waals surface area contributed by atoms with E-state index < -0.39 is 0 Å². The number of likely N-dealkylation sites (N-methyl/N-ethyl adjacent to an activating group) is 1. The predicted octanol–water partition coefficient (Wildman–Crippen LogP) is 0.274. The molecule has 1 saturated carbocycles. The van der Waals surface area contributed by atoms with Gasteiger partial charge in [0.1, 0.15) is 0 Å². The lowest BCUT2D eigenvalue weighted by Gasteiger charge is -2.29. The van der Waals surface area contributed by atoms with E-state index in [1.54, 1.807) is 7.05 Å². The molecule has 1 rings (SSSR count). The summed E-state index contributed by atoms with van der Waals surface area (Å²) in [7, 11) is 1.62. The first-order valence-corrected chi connectivity index (χ1v) is 5.72. The van der Waals surface area contributed by atoms with Gasteiger partial charge in [-0.2, -0.15) is 0 Å². The van der Waals surface area contributed by atoms with Gasteiger partial charge in [-0.25, -0.2) is 0 Å². The molecule has 0 aromatic carbocycles. The quantitative estimate of drug-likeness (QED) is 0.765. The summed E-state index contributed by atoms with van der Waals surface area (Å²) in [4.78, 5) is 24.1. The van der Waals surface area contributed by atoms with Crippen molar-refractivity contribution in [1.29, 1.82) is 0 Å². The second-order valence-corrected chi connectivity index (χ2v) is 4.61. The highest BCUT2D eigenvalue weighted by atomic mass is 35.5. The van der Waals surface area contributed by atoms with E-state index in [4.69, 9.17) is 5.73 Å². The molecule has 0 aromatic heterocycles. The van der Waals surface area contributed by atoms with Gasteiger partial charge in [-0.1, -0.05) is 12.8 Å². The van der Waals surface area contributed by atoms with Crippen molar-refractivity contribution in [2.75, 3.05) is 20.1 Å². The van der Waals surface area contributed by atoms with E-state index in [-0.39, 0.29) is 36.3 Å². The number of hydrogen-bond donors (Lipinski definition) is 2. The number of carbonyl (C=O) groups is 2. The molecule has 0 bridgehead atoms. The molecule has 2 amide bonds. The molecule has 0 unspecified atom stereocenters. The van der Waals surface area contributed by atoms with Gasteiger partial charge in [0.05, 0.1) is 12.1 Å². The summed E-state index contributed by atoms with van der Waals surface area (Å²) in [6.45, 7) is 2.03. The van der Waals surface area contributed by atoms with Crippen molar-refractivity contribution in [2.24, 2.45) is 5.73 Å². The lowest BCUT2D eigenvalue weighted by molar-refractivity contribution is -0.133. The minimum absolute atomic E-state index is 0. The Morgan fingerprint density at radius 2 is 1.88 bits per heavy atom. The third-order valence-corrected chi connectivity index (χ3v) is 3.27. The summed E-state index contributed by atoms with van der Waals surface area (Å²) in [5.41, 5.74) is 5.48. The molecule has 5 nitrogen and oxygen atoms in total. The monoisotopic (exact) mass is 263 g/mol. The minimum Gasteiger partial charge on any atom is -0.348 e. The predicted molar refractivity (Wildman–Crippen MR) is 69.0 cm³/mol. The first kappa shape index (κ1) is 16.2. The average molecular weight is 264 g/mol. The maximum absolute atomic E-state index is 11.7. The van der Waals surface area contributed by atoms with Gasteiger partial charge in [0, 0.05) is 20.5 Å². The van der Waals surface area contributed by atoms with Crippen LogP contribution >= 0.6 is 12.4 Å². The molecule has 17 heavy (non-hydrogen) atoms. The van der Waals surface area contributed by atoms with Crippen LogP contribution in [0.2, 0.25) is 0 Å². The number of amides is 2. The Bertz CT molecular complexity index is 278. The Hall–Kier alpha value is -0.810. The summed E-state index contributed by atoms with van der Waals surface area (Å²) in [5, 5.41) is 2.97. The van der Waals surface area contributed by atoms with Crippen LogP contribution in [0.5, 0.6) is 0 Å². The zero-order chi connectivity index (χ0) is 12.2. The zero-order valence-electron chi connectivity index (χ0n) is 10.5. The number of rotatable bonds is 4. The third-order valence-electron chi connectivity index (χ3n) is 3.27. The van der Waals surface area contributed by atoms with Gasteiger partial charge in [0.15, 0.2) is 0 Å². The van der Waals surface area contributed by atoms with Crippen molar-refractivity contribution in [3.63, 3.8) is 0 Å². The van der Waals surface area contributed by atoms with E-state index in [2.05, 4.69) is 5.32 Å². The lowest BCUT2D eigenvalue weighted by atomic mass is 9.98. The standard InChI is InChI=1S/C11H21N3O2.ClH/c1-9(15)14(2)7-10(16)13-11(8-12)5-3-4-6-11;/h3-8,12H2,1-2H3,(H,13,16);1H. The van der Waals surface area contributed by atoms with E-state index in [0.29, 0.717) is 6.54 Å². The number of hydrogen-bond acceptors (Lipinski definition) is 3. The molecular formula is C11H22ClN3O2. The van der Waals surface area contributed by atoms with E-state index in [9.17, 15) is 9.59 Å². The molecule has 1 aliphatic rings. The van der Waals surface area contributed by atoms with Crippen molar-refractivity contribution < 1.29 is 9.59 Å². The third kappa shape index (κ3) is 4.52. The highest BCUT2D eigenvalue weighted by Crippen LogP contribution is 2.28. The second kappa shape index (κ2) is 6.81. The van der Waals surface area contributed by atoms with Crippen molar-refractivity contribution in [1.82, 2.24) is 10.2 Å². The van der Waals surface area contributed by atoms with Gasteiger partial charge in [-0.05, 0) is 12.8 Å². The summed E-state index contributed by atoms with van der Waals surface area (Å²) < 4.78 is 0. The topological polar surface area (TPSA) is 75.4 Å². The molecule has 0 atom stereocenters. The van der Waals surface area contributed by atoms with Gasteiger partial charge < -0.3 is 16.0 Å². The molecule has 0 aliphatic heterocycles. The Balaban J connectivity index is 0.00000256. The molecule has 1 aliphatic carbocycles. The Labute approximate surface area is 109 Å². The Morgan fingerprint density at radius 1 is 1.35 bits per heavy atom. The fourth-order valence-electron chi connectivity index (χ4n) is 2.09. The molecule has 0 saturated heterocycles.